The Labute approximate surface area is 172 Å². The molecule has 1 aromatic carbocycles. The van der Waals surface area contributed by atoms with Crippen molar-refractivity contribution in [1.82, 2.24) is 14.8 Å². The molecule has 0 aliphatic heterocycles. The van der Waals surface area contributed by atoms with Gasteiger partial charge in [0.1, 0.15) is 0 Å². The lowest BCUT2D eigenvalue weighted by Crippen LogP contribution is -2.10. The standard InChI is InChI=1S/C22H18N4O4/c1-2-29-22(28)17-14-18(26(25-17)20-10-3-4-11-23-20)15-7-5-8-16(13-15)24-21(27)19-9-6-12-30-19/h3-14H,2H2,1H3,(H,24,27). The Kier molecular flexibility index (Phi) is 5.38. The number of aromatic nitrogens is 3. The van der Waals surface area contributed by atoms with Gasteiger partial charge >= 0.3 is 5.97 Å². The lowest BCUT2D eigenvalue weighted by atomic mass is 10.1. The van der Waals surface area contributed by atoms with Crippen molar-refractivity contribution >= 4 is 17.6 Å². The molecule has 0 saturated carbocycles. The molecule has 0 saturated heterocycles. The number of ether oxygens (including phenoxy) is 1. The van der Waals surface area contributed by atoms with Gasteiger partial charge in [-0.15, -0.1) is 0 Å². The highest BCUT2D eigenvalue weighted by Crippen LogP contribution is 2.26. The maximum atomic E-state index is 12.3. The van der Waals surface area contributed by atoms with Gasteiger partial charge in [-0.1, -0.05) is 18.2 Å². The Balaban J connectivity index is 1.72. The summed E-state index contributed by atoms with van der Waals surface area (Å²) in [5, 5.41) is 7.18. The number of carbonyl (C=O) groups is 2. The smallest absolute Gasteiger partial charge is 0.358 e. The topological polar surface area (TPSA) is 99.2 Å². The summed E-state index contributed by atoms with van der Waals surface area (Å²) in [5.41, 5.74) is 2.11. The molecule has 1 amide bonds. The predicted molar refractivity (Wildman–Crippen MR) is 109 cm³/mol. The van der Waals surface area contributed by atoms with Crippen molar-refractivity contribution in [3.8, 4) is 17.1 Å². The van der Waals surface area contributed by atoms with Crippen LogP contribution in [0.4, 0.5) is 5.69 Å². The molecule has 0 radical (unpaired) electrons. The SMILES string of the molecule is CCOC(=O)c1cc(-c2cccc(NC(=O)c3ccco3)c2)n(-c2ccccn2)n1. The number of nitrogens with zero attached hydrogens (tertiary/aromatic N) is 3. The number of pyridine rings is 1. The highest BCUT2D eigenvalue weighted by atomic mass is 16.5. The average molecular weight is 402 g/mol. The van der Waals surface area contributed by atoms with E-state index in [1.54, 1.807) is 66.3 Å². The van der Waals surface area contributed by atoms with Crippen molar-refractivity contribution in [2.45, 2.75) is 6.92 Å². The molecule has 3 heterocycles. The summed E-state index contributed by atoms with van der Waals surface area (Å²) in [4.78, 5) is 28.8. The van der Waals surface area contributed by atoms with Gasteiger partial charge in [-0.05, 0) is 49.4 Å². The van der Waals surface area contributed by atoms with Crippen LogP contribution in [-0.4, -0.2) is 33.2 Å². The van der Waals surface area contributed by atoms with Gasteiger partial charge < -0.3 is 14.5 Å². The van der Waals surface area contributed by atoms with Crippen LogP contribution >= 0.6 is 0 Å². The number of nitrogens with one attached hydrogen (secondary N) is 1. The van der Waals surface area contributed by atoms with E-state index in [0.717, 1.165) is 5.56 Å². The second kappa shape index (κ2) is 8.44. The van der Waals surface area contributed by atoms with Gasteiger partial charge in [-0.2, -0.15) is 5.10 Å². The normalized spacial score (nSPS) is 10.6. The van der Waals surface area contributed by atoms with Crippen LogP contribution < -0.4 is 5.32 Å². The van der Waals surface area contributed by atoms with Crippen LogP contribution in [0.2, 0.25) is 0 Å². The lowest BCUT2D eigenvalue weighted by molar-refractivity contribution is 0.0519. The molecule has 0 unspecified atom stereocenters. The Bertz CT molecular complexity index is 1170. The van der Waals surface area contributed by atoms with E-state index < -0.39 is 5.97 Å². The van der Waals surface area contributed by atoms with E-state index in [1.807, 2.05) is 12.1 Å². The van der Waals surface area contributed by atoms with E-state index in [1.165, 1.54) is 6.26 Å². The van der Waals surface area contributed by atoms with E-state index >= 15 is 0 Å². The van der Waals surface area contributed by atoms with Crippen LogP contribution in [0.25, 0.3) is 17.1 Å². The van der Waals surface area contributed by atoms with Crippen molar-refractivity contribution in [2.75, 3.05) is 11.9 Å². The molecule has 150 valence electrons. The van der Waals surface area contributed by atoms with E-state index in [2.05, 4.69) is 15.4 Å². The van der Waals surface area contributed by atoms with E-state index in [-0.39, 0.29) is 24.0 Å². The molecule has 1 N–H and O–H groups in total. The monoisotopic (exact) mass is 402 g/mol. The number of benzene rings is 1. The molecule has 30 heavy (non-hydrogen) atoms. The molecule has 4 rings (SSSR count). The Morgan fingerprint density at radius 3 is 2.73 bits per heavy atom. The minimum Gasteiger partial charge on any atom is -0.461 e. The zero-order chi connectivity index (χ0) is 20.9. The average Bonchev–Trinajstić information content (AvgIpc) is 3.45. The number of hydrogen-bond acceptors (Lipinski definition) is 6. The van der Waals surface area contributed by atoms with E-state index in [4.69, 9.17) is 9.15 Å². The van der Waals surface area contributed by atoms with Gasteiger partial charge in [0.25, 0.3) is 5.91 Å². The number of esters is 1. The summed E-state index contributed by atoms with van der Waals surface area (Å²) in [7, 11) is 0. The number of hydrogen-bond donors (Lipinski definition) is 1. The minimum absolute atomic E-state index is 0.169. The van der Waals surface area contributed by atoms with Crippen LogP contribution in [0.3, 0.4) is 0 Å². The zero-order valence-corrected chi connectivity index (χ0v) is 16.1. The number of anilines is 1. The molecule has 0 aliphatic carbocycles. The predicted octanol–water partition coefficient (Wildman–Crippen LogP) is 3.96. The maximum Gasteiger partial charge on any atom is 0.358 e. The first-order valence-electron chi connectivity index (χ1n) is 9.29. The number of carbonyl (C=O) groups excluding carboxylic acids is 2. The molecule has 0 bridgehead atoms. The third kappa shape index (κ3) is 3.97. The molecular formula is C22H18N4O4. The van der Waals surface area contributed by atoms with Gasteiger partial charge in [-0.3, -0.25) is 4.79 Å². The summed E-state index contributed by atoms with van der Waals surface area (Å²) >= 11 is 0. The second-order valence-electron chi connectivity index (χ2n) is 6.25. The Morgan fingerprint density at radius 2 is 2.00 bits per heavy atom. The van der Waals surface area contributed by atoms with Crippen LogP contribution in [0.1, 0.15) is 28.0 Å². The van der Waals surface area contributed by atoms with Crippen molar-refractivity contribution in [3.05, 3.63) is 84.6 Å². The first-order chi connectivity index (χ1) is 14.7. The fourth-order valence-electron chi connectivity index (χ4n) is 2.90. The quantitative estimate of drug-likeness (QED) is 0.490. The van der Waals surface area contributed by atoms with Crippen molar-refractivity contribution in [3.63, 3.8) is 0 Å². The lowest BCUT2D eigenvalue weighted by Gasteiger charge is -2.09. The Hall–Kier alpha value is -4.20. The fraction of sp³-hybridized carbons (Fsp3) is 0.0909. The highest BCUT2D eigenvalue weighted by molar-refractivity contribution is 6.02. The largest absolute Gasteiger partial charge is 0.461 e. The van der Waals surface area contributed by atoms with Gasteiger partial charge in [0.2, 0.25) is 0 Å². The molecule has 8 heteroatoms. The van der Waals surface area contributed by atoms with Crippen LogP contribution in [0.15, 0.2) is 77.5 Å². The summed E-state index contributed by atoms with van der Waals surface area (Å²) in [5.74, 6) is -0.116. The van der Waals surface area contributed by atoms with Gasteiger partial charge in [0.05, 0.1) is 18.6 Å². The van der Waals surface area contributed by atoms with Gasteiger partial charge in [0, 0.05) is 17.4 Å². The van der Waals surface area contributed by atoms with E-state index in [9.17, 15) is 9.59 Å². The van der Waals surface area contributed by atoms with Crippen molar-refractivity contribution in [1.29, 1.82) is 0 Å². The number of amides is 1. The number of rotatable bonds is 6. The van der Waals surface area contributed by atoms with Gasteiger partial charge in [-0.25, -0.2) is 14.5 Å². The summed E-state index contributed by atoms with van der Waals surface area (Å²) in [6.07, 6.45) is 3.08. The maximum absolute atomic E-state index is 12.3. The summed E-state index contributed by atoms with van der Waals surface area (Å²) < 4.78 is 11.8. The number of furan rings is 1. The molecule has 8 nitrogen and oxygen atoms in total. The molecular weight excluding hydrogens is 384 g/mol. The molecule has 3 aromatic heterocycles. The Morgan fingerprint density at radius 1 is 1.10 bits per heavy atom. The molecule has 4 aromatic rings. The summed E-state index contributed by atoms with van der Waals surface area (Å²) in [6.45, 7) is 1.98. The third-order valence-electron chi connectivity index (χ3n) is 4.22. The molecule has 0 spiro atoms. The molecule has 0 atom stereocenters. The first-order valence-corrected chi connectivity index (χ1v) is 9.29. The van der Waals surface area contributed by atoms with Crippen LogP contribution in [0, 0.1) is 0 Å². The van der Waals surface area contributed by atoms with Crippen molar-refractivity contribution in [2.24, 2.45) is 0 Å². The highest BCUT2D eigenvalue weighted by Gasteiger charge is 2.19. The minimum atomic E-state index is -0.518. The van der Waals surface area contributed by atoms with E-state index in [0.29, 0.717) is 17.2 Å². The zero-order valence-electron chi connectivity index (χ0n) is 16.1. The fourth-order valence-corrected chi connectivity index (χ4v) is 2.90. The molecule has 0 aliphatic rings. The van der Waals surface area contributed by atoms with Crippen LogP contribution in [-0.2, 0) is 4.74 Å². The second-order valence-corrected chi connectivity index (χ2v) is 6.25. The van der Waals surface area contributed by atoms with Crippen LogP contribution in [0.5, 0.6) is 0 Å². The molecule has 0 fully saturated rings. The van der Waals surface area contributed by atoms with Gasteiger partial charge in [0.15, 0.2) is 17.3 Å². The first kappa shape index (κ1) is 19.1. The summed E-state index contributed by atoms with van der Waals surface area (Å²) in [6, 6.07) is 17.5. The third-order valence-corrected chi connectivity index (χ3v) is 4.22. The van der Waals surface area contributed by atoms with Crippen molar-refractivity contribution < 1.29 is 18.7 Å².